The van der Waals surface area contributed by atoms with Crippen molar-refractivity contribution in [2.75, 3.05) is 6.54 Å². The van der Waals surface area contributed by atoms with Gasteiger partial charge in [0.1, 0.15) is 11.9 Å². The highest BCUT2D eigenvalue weighted by molar-refractivity contribution is 5.96. The lowest BCUT2D eigenvalue weighted by Gasteiger charge is -2.21. The Balaban J connectivity index is 2.63. The van der Waals surface area contributed by atoms with E-state index in [0.717, 1.165) is 25.7 Å². The van der Waals surface area contributed by atoms with Crippen LogP contribution < -0.4 is 15.8 Å². The molecule has 0 radical (unpaired) electrons. The SMILES string of the molecule is CCCCCC(O)C(N)Oc1ccccc1C(=O)NCCC(C)C. The Morgan fingerprint density at radius 2 is 1.96 bits per heavy atom. The highest BCUT2D eigenvalue weighted by Crippen LogP contribution is 2.20. The van der Waals surface area contributed by atoms with Crippen molar-refractivity contribution in [3.05, 3.63) is 29.8 Å². The van der Waals surface area contributed by atoms with Crippen molar-refractivity contribution in [2.24, 2.45) is 11.7 Å². The first-order chi connectivity index (χ1) is 11.5. The largest absolute Gasteiger partial charge is 0.472 e. The minimum atomic E-state index is -0.841. The maximum Gasteiger partial charge on any atom is 0.255 e. The fourth-order valence-corrected chi connectivity index (χ4v) is 2.32. The molecule has 5 nitrogen and oxygen atoms in total. The van der Waals surface area contributed by atoms with Crippen LogP contribution in [0.2, 0.25) is 0 Å². The molecule has 1 rings (SSSR count). The summed E-state index contributed by atoms with van der Waals surface area (Å²) in [7, 11) is 0. The van der Waals surface area contributed by atoms with Crippen LogP contribution in [0.15, 0.2) is 24.3 Å². The minimum Gasteiger partial charge on any atom is -0.472 e. The quantitative estimate of drug-likeness (QED) is 0.428. The van der Waals surface area contributed by atoms with Crippen LogP contribution in [0.1, 0.15) is 63.2 Å². The summed E-state index contributed by atoms with van der Waals surface area (Å²) in [4.78, 5) is 12.3. The highest BCUT2D eigenvalue weighted by atomic mass is 16.5. The van der Waals surface area contributed by atoms with Crippen LogP contribution in [-0.4, -0.2) is 29.9 Å². The molecule has 136 valence electrons. The van der Waals surface area contributed by atoms with Gasteiger partial charge in [0.15, 0.2) is 6.23 Å². The number of aliphatic hydroxyl groups is 1. The first-order valence-corrected chi connectivity index (χ1v) is 8.93. The number of hydrogen-bond donors (Lipinski definition) is 3. The average molecular weight is 336 g/mol. The van der Waals surface area contributed by atoms with E-state index in [-0.39, 0.29) is 5.91 Å². The van der Waals surface area contributed by atoms with Gasteiger partial charge < -0.3 is 15.2 Å². The fourth-order valence-electron chi connectivity index (χ4n) is 2.32. The number of amides is 1. The van der Waals surface area contributed by atoms with E-state index in [4.69, 9.17) is 10.5 Å². The van der Waals surface area contributed by atoms with Gasteiger partial charge >= 0.3 is 0 Å². The van der Waals surface area contributed by atoms with Crippen LogP contribution in [0.25, 0.3) is 0 Å². The second-order valence-electron chi connectivity index (χ2n) is 6.58. The molecule has 0 fully saturated rings. The number of unbranched alkanes of at least 4 members (excludes halogenated alkanes) is 2. The van der Waals surface area contributed by atoms with E-state index in [1.54, 1.807) is 24.3 Å². The molecule has 0 saturated carbocycles. The molecular formula is C19H32N2O3. The standard InChI is InChI=1S/C19H32N2O3/c1-4-5-6-10-16(22)18(20)24-17-11-8-7-9-15(17)19(23)21-13-12-14(2)3/h7-9,11,14,16,18,22H,4-6,10,12-13,20H2,1-3H3,(H,21,23). The second-order valence-corrected chi connectivity index (χ2v) is 6.58. The summed E-state index contributed by atoms with van der Waals surface area (Å²) in [6.07, 6.45) is 2.98. The molecule has 1 aromatic rings. The van der Waals surface area contributed by atoms with Crippen molar-refractivity contribution < 1.29 is 14.6 Å². The van der Waals surface area contributed by atoms with E-state index in [0.29, 0.717) is 30.2 Å². The van der Waals surface area contributed by atoms with Crippen molar-refractivity contribution in [3.8, 4) is 5.75 Å². The summed E-state index contributed by atoms with van der Waals surface area (Å²) in [5.74, 6) is 0.754. The molecule has 0 saturated heterocycles. The van der Waals surface area contributed by atoms with Gasteiger partial charge in [0.05, 0.1) is 5.56 Å². The number of nitrogens with two attached hydrogens (primary N) is 1. The molecule has 0 aliphatic rings. The normalized spacial score (nSPS) is 13.6. The van der Waals surface area contributed by atoms with Gasteiger partial charge in [-0.2, -0.15) is 0 Å². The Kier molecular flexibility index (Phi) is 9.42. The van der Waals surface area contributed by atoms with Gasteiger partial charge in [-0.3, -0.25) is 10.5 Å². The lowest BCUT2D eigenvalue weighted by molar-refractivity contribution is 0.0324. The number of aliphatic hydroxyl groups excluding tert-OH is 1. The molecule has 1 aromatic carbocycles. The summed E-state index contributed by atoms with van der Waals surface area (Å²) < 4.78 is 5.65. The number of hydrogen-bond acceptors (Lipinski definition) is 4. The van der Waals surface area contributed by atoms with Crippen LogP contribution in [-0.2, 0) is 0 Å². The van der Waals surface area contributed by atoms with E-state index in [1.807, 2.05) is 0 Å². The zero-order valence-corrected chi connectivity index (χ0v) is 15.1. The smallest absolute Gasteiger partial charge is 0.255 e. The zero-order chi connectivity index (χ0) is 17.9. The predicted molar refractivity (Wildman–Crippen MR) is 97.0 cm³/mol. The van der Waals surface area contributed by atoms with Crippen LogP contribution in [0.3, 0.4) is 0 Å². The van der Waals surface area contributed by atoms with E-state index in [2.05, 4.69) is 26.1 Å². The number of ether oxygens (including phenoxy) is 1. The number of rotatable bonds is 11. The molecule has 5 heteroatoms. The van der Waals surface area contributed by atoms with Crippen molar-refractivity contribution >= 4 is 5.91 Å². The topological polar surface area (TPSA) is 84.6 Å². The van der Waals surface area contributed by atoms with Crippen LogP contribution in [0.4, 0.5) is 0 Å². The van der Waals surface area contributed by atoms with Crippen LogP contribution in [0, 0.1) is 5.92 Å². The molecule has 0 bridgehead atoms. The van der Waals surface area contributed by atoms with E-state index >= 15 is 0 Å². The Morgan fingerprint density at radius 3 is 2.62 bits per heavy atom. The lowest BCUT2D eigenvalue weighted by atomic mass is 10.1. The molecule has 2 atom stereocenters. The van der Waals surface area contributed by atoms with Gasteiger partial charge in [0.25, 0.3) is 5.91 Å². The number of para-hydroxylation sites is 1. The lowest BCUT2D eigenvalue weighted by Crippen LogP contribution is -2.40. The van der Waals surface area contributed by atoms with E-state index < -0.39 is 12.3 Å². The monoisotopic (exact) mass is 336 g/mol. The van der Waals surface area contributed by atoms with Gasteiger partial charge in [0, 0.05) is 6.54 Å². The van der Waals surface area contributed by atoms with Gasteiger partial charge in [-0.15, -0.1) is 0 Å². The van der Waals surface area contributed by atoms with Gasteiger partial charge in [-0.25, -0.2) is 0 Å². The summed E-state index contributed by atoms with van der Waals surface area (Å²) >= 11 is 0. The van der Waals surface area contributed by atoms with Gasteiger partial charge in [0.2, 0.25) is 0 Å². The summed E-state index contributed by atoms with van der Waals surface area (Å²) in [6.45, 7) is 6.96. The Morgan fingerprint density at radius 1 is 1.25 bits per heavy atom. The number of carbonyl (C=O) groups is 1. The molecule has 0 aliphatic heterocycles. The van der Waals surface area contributed by atoms with Gasteiger partial charge in [-0.1, -0.05) is 52.2 Å². The average Bonchev–Trinajstić information content (AvgIpc) is 2.55. The maximum absolute atomic E-state index is 12.3. The Bertz CT molecular complexity index is 491. The van der Waals surface area contributed by atoms with Gasteiger partial charge in [-0.05, 0) is 30.9 Å². The van der Waals surface area contributed by atoms with Crippen LogP contribution >= 0.6 is 0 Å². The molecule has 4 N–H and O–H groups in total. The van der Waals surface area contributed by atoms with E-state index in [9.17, 15) is 9.90 Å². The third-order valence-corrected chi connectivity index (χ3v) is 3.88. The number of nitrogens with one attached hydrogen (secondary N) is 1. The van der Waals surface area contributed by atoms with Crippen molar-refractivity contribution in [2.45, 2.75) is 65.2 Å². The molecule has 0 aromatic heterocycles. The first-order valence-electron chi connectivity index (χ1n) is 8.93. The molecule has 0 aliphatic carbocycles. The third kappa shape index (κ3) is 7.32. The Labute approximate surface area is 145 Å². The fraction of sp³-hybridized carbons (Fsp3) is 0.632. The predicted octanol–water partition coefficient (Wildman–Crippen LogP) is 3.07. The van der Waals surface area contributed by atoms with Crippen molar-refractivity contribution in [1.82, 2.24) is 5.32 Å². The van der Waals surface area contributed by atoms with Crippen molar-refractivity contribution in [3.63, 3.8) is 0 Å². The number of carbonyl (C=O) groups excluding carboxylic acids is 1. The third-order valence-electron chi connectivity index (χ3n) is 3.88. The van der Waals surface area contributed by atoms with Crippen molar-refractivity contribution in [1.29, 1.82) is 0 Å². The molecule has 2 unspecified atom stereocenters. The summed E-state index contributed by atoms with van der Waals surface area (Å²) in [5.41, 5.74) is 6.38. The van der Waals surface area contributed by atoms with E-state index in [1.165, 1.54) is 0 Å². The molecule has 0 spiro atoms. The zero-order valence-electron chi connectivity index (χ0n) is 15.1. The molecule has 1 amide bonds. The molecule has 0 heterocycles. The summed E-state index contributed by atoms with van der Waals surface area (Å²) in [5, 5.41) is 13.0. The highest BCUT2D eigenvalue weighted by Gasteiger charge is 2.19. The van der Waals surface area contributed by atoms with Crippen LogP contribution in [0.5, 0.6) is 5.75 Å². The molecular weight excluding hydrogens is 304 g/mol. The summed E-state index contributed by atoms with van der Waals surface area (Å²) in [6, 6.07) is 6.98. The first kappa shape index (κ1) is 20.5. The second kappa shape index (κ2) is 11.0. The number of benzene rings is 1. The maximum atomic E-state index is 12.3. The minimum absolute atomic E-state index is 0.182. The molecule has 24 heavy (non-hydrogen) atoms. The Hall–Kier alpha value is -1.59.